The number of carbonyl (C=O) groups excluding carboxylic acids is 1. The number of amides is 1. The van der Waals surface area contributed by atoms with E-state index in [0.29, 0.717) is 43.2 Å². The van der Waals surface area contributed by atoms with Crippen molar-refractivity contribution in [2.45, 2.75) is 25.0 Å². The first-order valence-corrected chi connectivity index (χ1v) is 7.92. The van der Waals surface area contributed by atoms with E-state index in [1.807, 2.05) is 0 Å². The summed E-state index contributed by atoms with van der Waals surface area (Å²) < 4.78 is 21.0. The fourth-order valence-corrected chi connectivity index (χ4v) is 2.72. The molecule has 0 bridgehead atoms. The quantitative estimate of drug-likeness (QED) is 0.753. The Morgan fingerprint density at radius 1 is 1.16 bits per heavy atom. The van der Waals surface area contributed by atoms with Crippen LogP contribution in [0, 0.1) is 0 Å². The zero-order valence-corrected chi connectivity index (χ0v) is 14.6. The number of hydrogen-bond donors (Lipinski definition) is 1. The number of rotatable bonds is 8. The van der Waals surface area contributed by atoms with Gasteiger partial charge in [0.2, 0.25) is 0 Å². The van der Waals surface area contributed by atoms with Crippen LogP contribution in [-0.2, 0) is 19.1 Å². The highest BCUT2D eigenvalue weighted by Gasteiger charge is 2.37. The van der Waals surface area contributed by atoms with E-state index in [4.69, 9.17) is 24.1 Å². The van der Waals surface area contributed by atoms with Crippen molar-refractivity contribution >= 4 is 17.6 Å². The molecule has 1 heterocycles. The highest BCUT2D eigenvalue weighted by molar-refractivity contribution is 5.97. The van der Waals surface area contributed by atoms with Gasteiger partial charge in [-0.15, -0.1) is 0 Å². The molecule has 0 radical (unpaired) electrons. The van der Waals surface area contributed by atoms with E-state index in [0.717, 1.165) is 0 Å². The van der Waals surface area contributed by atoms with Crippen molar-refractivity contribution in [1.29, 1.82) is 0 Å². The number of carbonyl (C=O) groups is 2. The van der Waals surface area contributed by atoms with Crippen LogP contribution in [-0.4, -0.2) is 63.7 Å². The Morgan fingerprint density at radius 3 is 2.40 bits per heavy atom. The topological polar surface area (TPSA) is 94.5 Å². The Labute approximate surface area is 146 Å². The molecule has 1 fully saturated rings. The van der Waals surface area contributed by atoms with Gasteiger partial charge in [-0.1, -0.05) is 0 Å². The third-order valence-corrected chi connectivity index (χ3v) is 4.03. The molecule has 1 aliphatic rings. The molecule has 1 aliphatic heterocycles. The lowest BCUT2D eigenvalue weighted by molar-refractivity contribution is -0.151. The summed E-state index contributed by atoms with van der Waals surface area (Å²) in [4.78, 5) is 25.4. The van der Waals surface area contributed by atoms with Crippen molar-refractivity contribution in [3.05, 3.63) is 18.2 Å². The SMILES string of the molecule is COCCN(C(=O)[C@@H]1CC[C@H](C(=O)O)O1)c1ccc(OC)c(OC)c1. The second kappa shape index (κ2) is 8.68. The third-order valence-electron chi connectivity index (χ3n) is 4.03. The van der Waals surface area contributed by atoms with Gasteiger partial charge in [0.05, 0.1) is 20.8 Å². The van der Waals surface area contributed by atoms with Crippen LogP contribution in [0.5, 0.6) is 11.5 Å². The molecule has 25 heavy (non-hydrogen) atoms. The minimum Gasteiger partial charge on any atom is -0.493 e. The maximum Gasteiger partial charge on any atom is 0.332 e. The van der Waals surface area contributed by atoms with E-state index in [1.54, 1.807) is 25.3 Å². The number of carboxylic acid groups (broad SMARTS) is 1. The molecule has 0 aromatic heterocycles. The summed E-state index contributed by atoms with van der Waals surface area (Å²) in [6.07, 6.45) is -1.04. The lowest BCUT2D eigenvalue weighted by Gasteiger charge is -2.26. The molecule has 1 aromatic rings. The van der Waals surface area contributed by atoms with Gasteiger partial charge in [-0.3, -0.25) is 4.79 Å². The molecule has 1 aromatic carbocycles. The second-order valence-corrected chi connectivity index (χ2v) is 5.55. The molecule has 8 heteroatoms. The predicted octanol–water partition coefficient (Wildman–Crippen LogP) is 1.32. The second-order valence-electron chi connectivity index (χ2n) is 5.55. The molecule has 1 saturated heterocycles. The Balaban J connectivity index is 2.23. The first-order chi connectivity index (χ1) is 12.0. The van der Waals surface area contributed by atoms with Crippen molar-refractivity contribution in [2.75, 3.05) is 39.4 Å². The van der Waals surface area contributed by atoms with Gasteiger partial charge in [-0.2, -0.15) is 0 Å². The van der Waals surface area contributed by atoms with E-state index in [2.05, 4.69) is 0 Å². The number of ether oxygens (including phenoxy) is 4. The van der Waals surface area contributed by atoms with Crippen molar-refractivity contribution in [1.82, 2.24) is 0 Å². The predicted molar refractivity (Wildman–Crippen MR) is 89.3 cm³/mol. The maximum absolute atomic E-state index is 12.9. The van der Waals surface area contributed by atoms with Gasteiger partial charge in [-0.25, -0.2) is 4.79 Å². The van der Waals surface area contributed by atoms with Crippen LogP contribution in [0.3, 0.4) is 0 Å². The highest BCUT2D eigenvalue weighted by Crippen LogP contribution is 2.32. The van der Waals surface area contributed by atoms with Crippen LogP contribution < -0.4 is 14.4 Å². The summed E-state index contributed by atoms with van der Waals surface area (Å²) in [5.74, 6) is -0.308. The van der Waals surface area contributed by atoms with Crippen molar-refractivity contribution < 1.29 is 33.6 Å². The van der Waals surface area contributed by atoms with Gasteiger partial charge in [-0.05, 0) is 25.0 Å². The first kappa shape index (κ1) is 19.0. The maximum atomic E-state index is 12.9. The van der Waals surface area contributed by atoms with Gasteiger partial charge in [0.15, 0.2) is 17.6 Å². The summed E-state index contributed by atoms with van der Waals surface area (Å²) >= 11 is 0. The molecule has 2 rings (SSSR count). The molecule has 8 nitrogen and oxygen atoms in total. The summed E-state index contributed by atoms with van der Waals surface area (Å²) in [5, 5.41) is 9.04. The highest BCUT2D eigenvalue weighted by atomic mass is 16.5. The normalized spacial score (nSPS) is 19.5. The van der Waals surface area contributed by atoms with E-state index in [-0.39, 0.29) is 5.91 Å². The van der Waals surface area contributed by atoms with Crippen LogP contribution in [0.25, 0.3) is 0 Å². The fourth-order valence-electron chi connectivity index (χ4n) is 2.72. The molecular formula is C17H23NO7. The van der Waals surface area contributed by atoms with E-state index in [9.17, 15) is 9.59 Å². The van der Waals surface area contributed by atoms with Gasteiger partial charge >= 0.3 is 5.97 Å². The standard InChI is InChI=1S/C17H23NO7/c1-22-9-8-18(11-4-5-12(23-2)15(10-11)24-3)16(19)13-6-7-14(25-13)17(20)21/h4-5,10,13-14H,6-9H2,1-3H3,(H,20,21)/t13-,14+/m0/s1. The van der Waals surface area contributed by atoms with E-state index in [1.165, 1.54) is 19.1 Å². The lowest BCUT2D eigenvalue weighted by atomic mass is 10.1. The van der Waals surface area contributed by atoms with Gasteiger partial charge in [0, 0.05) is 25.4 Å². The Hall–Kier alpha value is -2.32. The summed E-state index contributed by atoms with van der Waals surface area (Å²) in [5.41, 5.74) is 0.599. The smallest absolute Gasteiger partial charge is 0.332 e. The molecular weight excluding hydrogens is 330 g/mol. The molecule has 1 amide bonds. The van der Waals surface area contributed by atoms with Crippen molar-refractivity contribution in [2.24, 2.45) is 0 Å². The number of carboxylic acids is 1. The van der Waals surface area contributed by atoms with Gasteiger partial charge in [0.25, 0.3) is 5.91 Å². The molecule has 0 spiro atoms. The number of aliphatic carboxylic acids is 1. The Bertz CT molecular complexity index is 619. The molecule has 0 saturated carbocycles. The van der Waals surface area contributed by atoms with Gasteiger partial charge in [0.1, 0.15) is 6.10 Å². The summed E-state index contributed by atoms with van der Waals surface area (Å²) in [6, 6.07) is 5.13. The van der Waals surface area contributed by atoms with Crippen LogP contribution in [0.2, 0.25) is 0 Å². The minimum atomic E-state index is -1.05. The van der Waals surface area contributed by atoms with Crippen LogP contribution in [0.1, 0.15) is 12.8 Å². The molecule has 0 aliphatic carbocycles. The monoisotopic (exact) mass is 353 g/mol. The first-order valence-electron chi connectivity index (χ1n) is 7.92. The Morgan fingerprint density at radius 2 is 1.84 bits per heavy atom. The Kier molecular flexibility index (Phi) is 6.60. The lowest BCUT2D eigenvalue weighted by Crippen LogP contribution is -2.41. The van der Waals surface area contributed by atoms with Crippen molar-refractivity contribution in [3.63, 3.8) is 0 Å². The van der Waals surface area contributed by atoms with Crippen LogP contribution in [0.15, 0.2) is 18.2 Å². The average molecular weight is 353 g/mol. The number of hydrogen-bond acceptors (Lipinski definition) is 6. The molecule has 138 valence electrons. The van der Waals surface area contributed by atoms with Crippen molar-refractivity contribution in [3.8, 4) is 11.5 Å². The number of benzene rings is 1. The number of anilines is 1. The molecule has 1 N–H and O–H groups in total. The molecule has 2 atom stereocenters. The zero-order chi connectivity index (χ0) is 18.4. The fraction of sp³-hybridized carbons (Fsp3) is 0.529. The third kappa shape index (κ3) is 4.40. The van der Waals surface area contributed by atoms with Crippen LogP contribution in [0.4, 0.5) is 5.69 Å². The molecule has 0 unspecified atom stereocenters. The number of methoxy groups -OCH3 is 3. The van der Waals surface area contributed by atoms with Gasteiger partial charge < -0.3 is 29.0 Å². The minimum absolute atomic E-state index is 0.298. The average Bonchev–Trinajstić information content (AvgIpc) is 3.12. The summed E-state index contributed by atoms with van der Waals surface area (Å²) in [7, 11) is 4.59. The number of nitrogens with zero attached hydrogens (tertiary/aromatic N) is 1. The van der Waals surface area contributed by atoms with E-state index >= 15 is 0 Å². The van der Waals surface area contributed by atoms with E-state index < -0.39 is 18.2 Å². The summed E-state index contributed by atoms with van der Waals surface area (Å²) in [6.45, 7) is 0.636. The largest absolute Gasteiger partial charge is 0.493 e. The zero-order valence-electron chi connectivity index (χ0n) is 14.6. The van der Waals surface area contributed by atoms with Crippen LogP contribution >= 0.6 is 0 Å².